The fourth-order valence-corrected chi connectivity index (χ4v) is 1.46. The van der Waals surface area contributed by atoms with Crippen LogP contribution in [-0.2, 0) is 9.59 Å². The van der Waals surface area contributed by atoms with Crippen molar-refractivity contribution in [3.8, 4) is 5.75 Å². The number of hydrogen-bond donors (Lipinski definition) is 2. The molecule has 1 atom stereocenters. The van der Waals surface area contributed by atoms with Gasteiger partial charge in [0.25, 0.3) is 5.91 Å². The van der Waals surface area contributed by atoms with Crippen LogP contribution in [0.25, 0.3) is 0 Å². The Morgan fingerprint density at radius 2 is 2.10 bits per heavy atom. The van der Waals surface area contributed by atoms with Crippen molar-refractivity contribution in [3.05, 3.63) is 23.2 Å². The van der Waals surface area contributed by atoms with E-state index in [0.717, 1.165) is 0 Å². The fourth-order valence-electron chi connectivity index (χ4n) is 1.22. The van der Waals surface area contributed by atoms with Crippen molar-refractivity contribution in [2.75, 3.05) is 26.0 Å². The van der Waals surface area contributed by atoms with E-state index in [1.54, 1.807) is 33.2 Å². The molecule has 7 heteroatoms. The summed E-state index contributed by atoms with van der Waals surface area (Å²) in [6.07, 6.45) is 0. The minimum atomic E-state index is -0.609. The molecule has 20 heavy (non-hydrogen) atoms. The first-order chi connectivity index (χ1) is 9.31. The maximum atomic E-state index is 11.4. The number of ether oxygens (including phenoxy) is 1. The molecule has 1 aromatic carbocycles. The summed E-state index contributed by atoms with van der Waals surface area (Å²) in [5.41, 5.74) is 5.97. The number of amides is 2. The molecule has 1 aromatic rings. The van der Waals surface area contributed by atoms with E-state index in [1.807, 2.05) is 0 Å². The number of hydrogen-bond acceptors (Lipinski definition) is 4. The second-order valence-corrected chi connectivity index (χ2v) is 4.91. The standard InChI is InChI=1S/C13H18ClN3O3/c1-8(15)13(19)16-9-4-5-11(10(14)6-9)20-7-12(18)17(2)3/h4-6,8H,7,15H2,1-3H3,(H,16,19)/t8-/m1/s1. The molecule has 3 N–H and O–H groups in total. The molecule has 0 aliphatic rings. The van der Waals surface area contributed by atoms with Crippen LogP contribution in [0.2, 0.25) is 5.02 Å². The smallest absolute Gasteiger partial charge is 0.259 e. The summed E-state index contributed by atoms with van der Waals surface area (Å²) in [4.78, 5) is 24.3. The molecule has 0 heterocycles. The van der Waals surface area contributed by atoms with E-state index < -0.39 is 6.04 Å². The van der Waals surface area contributed by atoms with Gasteiger partial charge in [0.05, 0.1) is 11.1 Å². The van der Waals surface area contributed by atoms with Crippen LogP contribution < -0.4 is 15.8 Å². The maximum absolute atomic E-state index is 11.4. The number of carbonyl (C=O) groups is 2. The van der Waals surface area contributed by atoms with Crippen molar-refractivity contribution in [2.24, 2.45) is 5.73 Å². The third-order valence-corrected chi connectivity index (χ3v) is 2.76. The zero-order valence-corrected chi connectivity index (χ0v) is 12.4. The number of anilines is 1. The molecule has 0 aliphatic carbocycles. The molecule has 0 saturated carbocycles. The number of nitrogens with two attached hydrogens (primary N) is 1. The van der Waals surface area contributed by atoms with Crippen molar-refractivity contribution in [2.45, 2.75) is 13.0 Å². The van der Waals surface area contributed by atoms with Gasteiger partial charge < -0.3 is 20.7 Å². The Kier molecular flexibility index (Phi) is 5.79. The van der Waals surface area contributed by atoms with Crippen LogP contribution in [0.3, 0.4) is 0 Å². The molecule has 6 nitrogen and oxygen atoms in total. The summed E-state index contributed by atoms with van der Waals surface area (Å²) in [5, 5.41) is 2.92. The van der Waals surface area contributed by atoms with E-state index in [2.05, 4.69) is 5.32 Å². The van der Waals surface area contributed by atoms with Gasteiger partial charge in [0.2, 0.25) is 5.91 Å². The van der Waals surface area contributed by atoms with E-state index in [1.165, 1.54) is 11.0 Å². The van der Waals surface area contributed by atoms with E-state index in [4.69, 9.17) is 22.1 Å². The Morgan fingerprint density at radius 3 is 2.60 bits per heavy atom. The summed E-state index contributed by atoms with van der Waals surface area (Å²) in [5.74, 6) is -0.103. The molecule has 2 amide bonds. The Labute approximate surface area is 122 Å². The van der Waals surface area contributed by atoms with Gasteiger partial charge in [-0.05, 0) is 25.1 Å². The minimum absolute atomic E-state index is 0.0989. The number of carbonyl (C=O) groups excluding carboxylic acids is 2. The second-order valence-electron chi connectivity index (χ2n) is 4.50. The molecule has 0 aromatic heterocycles. The normalized spacial score (nSPS) is 11.7. The largest absolute Gasteiger partial charge is 0.482 e. The van der Waals surface area contributed by atoms with Crippen LogP contribution in [0.15, 0.2) is 18.2 Å². The average molecular weight is 300 g/mol. The maximum Gasteiger partial charge on any atom is 0.259 e. The summed E-state index contributed by atoms with van der Waals surface area (Å²) in [6, 6.07) is 4.14. The third-order valence-electron chi connectivity index (χ3n) is 2.46. The van der Waals surface area contributed by atoms with Gasteiger partial charge >= 0.3 is 0 Å². The number of halogens is 1. The summed E-state index contributed by atoms with van der Waals surface area (Å²) in [7, 11) is 3.28. The summed E-state index contributed by atoms with van der Waals surface area (Å²) in [6.45, 7) is 1.49. The van der Waals surface area contributed by atoms with Gasteiger partial charge in [0.15, 0.2) is 6.61 Å². The predicted molar refractivity (Wildman–Crippen MR) is 77.9 cm³/mol. The predicted octanol–water partition coefficient (Wildman–Crippen LogP) is 1.09. The van der Waals surface area contributed by atoms with Crippen LogP contribution in [-0.4, -0.2) is 43.5 Å². The van der Waals surface area contributed by atoms with Gasteiger partial charge in [-0.1, -0.05) is 11.6 Å². The van der Waals surface area contributed by atoms with Crippen LogP contribution in [0.5, 0.6) is 5.75 Å². The van der Waals surface area contributed by atoms with Gasteiger partial charge in [0, 0.05) is 19.8 Å². The summed E-state index contributed by atoms with van der Waals surface area (Å²) < 4.78 is 5.31. The summed E-state index contributed by atoms with van der Waals surface area (Å²) >= 11 is 6.02. The highest BCUT2D eigenvalue weighted by Gasteiger charge is 2.11. The molecule has 0 saturated heterocycles. The molecule has 0 spiro atoms. The lowest BCUT2D eigenvalue weighted by Gasteiger charge is -2.13. The van der Waals surface area contributed by atoms with Crippen molar-refractivity contribution in [1.29, 1.82) is 0 Å². The van der Waals surface area contributed by atoms with Gasteiger partial charge in [-0.25, -0.2) is 0 Å². The number of rotatable bonds is 5. The van der Waals surface area contributed by atoms with E-state index in [0.29, 0.717) is 16.5 Å². The van der Waals surface area contributed by atoms with Crippen LogP contribution in [0.4, 0.5) is 5.69 Å². The van der Waals surface area contributed by atoms with Crippen molar-refractivity contribution in [1.82, 2.24) is 4.90 Å². The Bertz CT molecular complexity index is 504. The average Bonchev–Trinajstić information content (AvgIpc) is 2.37. The zero-order valence-electron chi connectivity index (χ0n) is 11.6. The number of nitrogens with zero attached hydrogens (tertiary/aromatic N) is 1. The first kappa shape index (κ1) is 16.3. The van der Waals surface area contributed by atoms with Gasteiger partial charge in [0.1, 0.15) is 5.75 Å². The fraction of sp³-hybridized carbons (Fsp3) is 0.385. The molecular formula is C13H18ClN3O3. The van der Waals surface area contributed by atoms with Crippen LogP contribution in [0, 0.1) is 0 Å². The van der Waals surface area contributed by atoms with E-state index >= 15 is 0 Å². The quantitative estimate of drug-likeness (QED) is 0.852. The van der Waals surface area contributed by atoms with Crippen molar-refractivity contribution in [3.63, 3.8) is 0 Å². The highest BCUT2D eigenvalue weighted by molar-refractivity contribution is 6.32. The SMILES string of the molecule is C[C@@H](N)C(=O)Nc1ccc(OCC(=O)N(C)C)c(Cl)c1. The number of benzene rings is 1. The molecule has 110 valence electrons. The van der Waals surface area contributed by atoms with Crippen LogP contribution >= 0.6 is 11.6 Å². The van der Waals surface area contributed by atoms with Gasteiger partial charge in [-0.3, -0.25) is 9.59 Å². The van der Waals surface area contributed by atoms with Gasteiger partial charge in [-0.2, -0.15) is 0 Å². The molecule has 0 aliphatic heterocycles. The van der Waals surface area contributed by atoms with E-state index in [-0.39, 0.29) is 18.4 Å². The first-order valence-electron chi connectivity index (χ1n) is 6.00. The number of likely N-dealkylation sites (N-methyl/N-ethyl adjacent to an activating group) is 1. The topological polar surface area (TPSA) is 84.7 Å². The molecule has 0 radical (unpaired) electrons. The Hall–Kier alpha value is -1.79. The van der Waals surface area contributed by atoms with E-state index in [9.17, 15) is 9.59 Å². The zero-order chi connectivity index (χ0) is 15.3. The van der Waals surface area contributed by atoms with Crippen molar-refractivity contribution >= 4 is 29.1 Å². The Balaban J connectivity index is 2.69. The lowest BCUT2D eigenvalue weighted by atomic mass is 10.2. The minimum Gasteiger partial charge on any atom is -0.482 e. The first-order valence-corrected chi connectivity index (χ1v) is 6.38. The van der Waals surface area contributed by atoms with Crippen LogP contribution in [0.1, 0.15) is 6.92 Å². The highest BCUT2D eigenvalue weighted by Crippen LogP contribution is 2.27. The van der Waals surface area contributed by atoms with Crippen molar-refractivity contribution < 1.29 is 14.3 Å². The highest BCUT2D eigenvalue weighted by atomic mass is 35.5. The third kappa shape index (κ3) is 4.71. The molecule has 0 bridgehead atoms. The molecule has 0 fully saturated rings. The molecule has 0 unspecified atom stereocenters. The molecular weight excluding hydrogens is 282 g/mol. The Morgan fingerprint density at radius 1 is 1.45 bits per heavy atom. The lowest BCUT2D eigenvalue weighted by Crippen LogP contribution is -2.32. The van der Waals surface area contributed by atoms with Gasteiger partial charge in [-0.15, -0.1) is 0 Å². The monoisotopic (exact) mass is 299 g/mol. The number of nitrogens with one attached hydrogen (secondary N) is 1. The second kappa shape index (κ2) is 7.12. The molecule has 1 rings (SSSR count). The lowest BCUT2D eigenvalue weighted by molar-refractivity contribution is -0.130.